The molecule has 3 heteroatoms. The molecule has 1 aliphatic rings. The van der Waals surface area contributed by atoms with Gasteiger partial charge in [0.15, 0.2) is 0 Å². The van der Waals surface area contributed by atoms with Crippen LogP contribution in [0.4, 0.5) is 0 Å². The molecule has 0 aliphatic heterocycles. The Balaban J connectivity index is 2.57. The Bertz CT molecular complexity index is 357. The predicted molar refractivity (Wildman–Crippen MR) is 81.3 cm³/mol. The third kappa shape index (κ3) is 6.08. The van der Waals surface area contributed by atoms with E-state index in [4.69, 9.17) is 4.74 Å². The van der Waals surface area contributed by atoms with Gasteiger partial charge in [-0.05, 0) is 72.6 Å². The van der Waals surface area contributed by atoms with Gasteiger partial charge < -0.3 is 9.84 Å². The number of carbonyl (C=O) groups excluding carboxylic acids is 1. The van der Waals surface area contributed by atoms with Gasteiger partial charge in [-0.3, -0.25) is 4.79 Å². The summed E-state index contributed by atoms with van der Waals surface area (Å²) in [5.74, 6) is 0.220. The quantitative estimate of drug-likeness (QED) is 0.629. The Kier molecular flexibility index (Phi) is 5.42. The third-order valence-electron chi connectivity index (χ3n) is 3.81. The van der Waals surface area contributed by atoms with Crippen molar-refractivity contribution < 1.29 is 14.6 Å². The highest BCUT2D eigenvalue weighted by molar-refractivity contribution is 5.73. The van der Waals surface area contributed by atoms with Crippen LogP contribution in [0, 0.1) is 11.8 Å². The molecule has 0 aromatic heterocycles. The molecular weight excluding hydrogens is 252 g/mol. The van der Waals surface area contributed by atoms with Crippen molar-refractivity contribution in [2.24, 2.45) is 11.8 Å². The third-order valence-corrected chi connectivity index (χ3v) is 3.81. The Morgan fingerprint density at radius 3 is 2.45 bits per heavy atom. The molecule has 0 radical (unpaired) electrons. The van der Waals surface area contributed by atoms with Crippen molar-refractivity contribution in [3.05, 3.63) is 12.2 Å². The number of aliphatic hydroxyl groups is 1. The summed E-state index contributed by atoms with van der Waals surface area (Å²) < 4.78 is 5.49. The van der Waals surface area contributed by atoms with E-state index in [0.717, 1.165) is 32.1 Å². The van der Waals surface area contributed by atoms with E-state index in [1.165, 1.54) is 5.57 Å². The summed E-state index contributed by atoms with van der Waals surface area (Å²) >= 11 is 0. The van der Waals surface area contributed by atoms with E-state index in [-0.39, 0.29) is 11.9 Å². The van der Waals surface area contributed by atoms with Crippen molar-refractivity contribution in [1.29, 1.82) is 0 Å². The highest BCUT2D eigenvalue weighted by Gasteiger charge is 2.32. The zero-order chi connectivity index (χ0) is 15.6. The second-order valence-corrected chi connectivity index (χ2v) is 7.71. The van der Waals surface area contributed by atoms with Crippen LogP contribution in [0.2, 0.25) is 0 Å². The fraction of sp³-hybridized carbons (Fsp3) is 0.824. The first-order valence-corrected chi connectivity index (χ1v) is 7.61. The van der Waals surface area contributed by atoms with Gasteiger partial charge in [0.05, 0.1) is 11.5 Å². The van der Waals surface area contributed by atoms with Gasteiger partial charge in [0.1, 0.15) is 5.60 Å². The molecule has 0 spiro atoms. The highest BCUT2D eigenvalue weighted by atomic mass is 16.6. The first-order valence-electron chi connectivity index (χ1n) is 7.61. The molecule has 1 fully saturated rings. The molecule has 1 aliphatic carbocycles. The largest absolute Gasteiger partial charge is 0.460 e. The molecule has 0 amide bonds. The van der Waals surface area contributed by atoms with Crippen LogP contribution in [-0.4, -0.2) is 22.3 Å². The predicted octanol–water partition coefficient (Wildman–Crippen LogP) is 3.85. The number of carbonyl (C=O) groups is 1. The maximum Gasteiger partial charge on any atom is 0.309 e. The van der Waals surface area contributed by atoms with Gasteiger partial charge in [0, 0.05) is 0 Å². The molecule has 0 saturated heterocycles. The van der Waals surface area contributed by atoms with Crippen molar-refractivity contribution in [2.45, 2.75) is 77.9 Å². The summed E-state index contributed by atoms with van der Waals surface area (Å²) in [4.78, 5) is 12.2. The molecule has 0 aromatic carbocycles. The average molecular weight is 282 g/mol. The van der Waals surface area contributed by atoms with Crippen LogP contribution in [0.15, 0.2) is 12.2 Å². The second-order valence-electron chi connectivity index (χ2n) is 7.71. The molecule has 1 rings (SSSR count). The molecule has 0 bridgehead atoms. The Morgan fingerprint density at radius 2 is 1.95 bits per heavy atom. The molecule has 2 unspecified atom stereocenters. The normalized spacial score (nSPS) is 24.6. The number of hydrogen-bond acceptors (Lipinski definition) is 3. The lowest BCUT2D eigenvalue weighted by Crippen LogP contribution is -2.32. The Morgan fingerprint density at radius 1 is 1.35 bits per heavy atom. The van der Waals surface area contributed by atoms with Crippen LogP contribution in [0.1, 0.15) is 66.7 Å². The van der Waals surface area contributed by atoms with Gasteiger partial charge in [-0.25, -0.2) is 0 Å². The Labute approximate surface area is 123 Å². The fourth-order valence-electron chi connectivity index (χ4n) is 2.64. The standard InChI is InChI=1S/C17H30O3/c1-12-7-8-14(15(18)20-16(2,3)4)11-13(12)9-10-17(5,6)19/h13-14,19H,1,7-11H2,2-6H3. The van der Waals surface area contributed by atoms with E-state index >= 15 is 0 Å². The molecule has 116 valence electrons. The van der Waals surface area contributed by atoms with Crippen LogP contribution < -0.4 is 0 Å². The summed E-state index contributed by atoms with van der Waals surface area (Å²) in [6.45, 7) is 13.5. The average Bonchev–Trinajstić information content (AvgIpc) is 2.24. The summed E-state index contributed by atoms with van der Waals surface area (Å²) in [5.41, 5.74) is 0.141. The molecule has 3 nitrogen and oxygen atoms in total. The molecular formula is C17H30O3. The van der Waals surface area contributed by atoms with E-state index < -0.39 is 11.2 Å². The van der Waals surface area contributed by atoms with E-state index in [1.54, 1.807) is 0 Å². The van der Waals surface area contributed by atoms with Crippen molar-refractivity contribution in [3.63, 3.8) is 0 Å². The molecule has 2 atom stereocenters. The van der Waals surface area contributed by atoms with E-state index in [0.29, 0.717) is 5.92 Å². The number of ether oxygens (including phenoxy) is 1. The molecule has 20 heavy (non-hydrogen) atoms. The van der Waals surface area contributed by atoms with Crippen LogP contribution in [0.3, 0.4) is 0 Å². The summed E-state index contributed by atoms with van der Waals surface area (Å²) in [5, 5.41) is 9.84. The summed E-state index contributed by atoms with van der Waals surface area (Å²) in [6.07, 6.45) is 4.16. The Hall–Kier alpha value is -0.830. The van der Waals surface area contributed by atoms with Crippen LogP contribution in [0.5, 0.6) is 0 Å². The first-order chi connectivity index (χ1) is 8.98. The van der Waals surface area contributed by atoms with Gasteiger partial charge in [-0.15, -0.1) is 0 Å². The molecule has 0 heterocycles. The highest BCUT2D eigenvalue weighted by Crippen LogP contribution is 2.37. The van der Waals surface area contributed by atoms with Crippen molar-refractivity contribution >= 4 is 5.97 Å². The van der Waals surface area contributed by atoms with Gasteiger partial charge in [0.2, 0.25) is 0 Å². The van der Waals surface area contributed by atoms with Crippen LogP contribution in [-0.2, 0) is 9.53 Å². The zero-order valence-corrected chi connectivity index (χ0v) is 13.7. The van der Waals surface area contributed by atoms with E-state index in [1.807, 2.05) is 34.6 Å². The minimum Gasteiger partial charge on any atom is -0.460 e. The number of rotatable bonds is 4. The van der Waals surface area contributed by atoms with Crippen molar-refractivity contribution in [1.82, 2.24) is 0 Å². The lowest BCUT2D eigenvalue weighted by Gasteiger charge is -2.33. The lowest BCUT2D eigenvalue weighted by molar-refractivity contribution is -0.161. The monoisotopic (exact) mass is 282 g/mol. The maximum absolute atomic E-state index is 12.2. The molecule has 1 N–H and O–H groups in total. The van der Waals surface area contributed by atoms with Crippen molar-refractivity contribution in [3.8, 4) is 0 Å². The molecule has 1 saturated carbocycles. The SMILES string of the molecule is C=C1CCC(C(=O)OC(C)(C)C)CC1CCC(C)(C)O. The van der Waals surface area contributed by atoms with Gasteiger partial charge in [-0.2, -0.15) is 0 Å². The van der Waals surface area contributed by atoms with Crippen LogP contribution >= 0.6 is 0 Å². The van der Waals surface area contributed by atoms with Gasteiger partial charge in [-0.1, -0.05) is 12.2 Å². The zero-order valence-electron chi connectivity index (χ0n) is 13.7. The number of hydrogen-bond donors (Lipinski definition) is 1. The summed E-state index contributed by atoms with van der Waals surface area (Å²) in [7, 11) is 0. The van der Waals surface area contributed by atoms with Crippen molar-refractivity contribution in [2.75, 3.05) is 0 Å². The van der Waals surface area contributed by atoms with Crippen LogP contribution in [0.25, 0.3) is 0 Å². The topological polar surface area (TPSA) is 46.5 Å². The second kappa shape index (κ2) is 6.30. The fourth-order valence-corrected chi connectivity index (χ4v) is 2.64. The minimum atomic E-state index is -0.654. The molecule has 0 aromatic rings. The summed E-state index contributed by atoms with van der Waals surface area (Å²) in [6, 6.07) is 0. The number of esters is 1. The minimum absolute atomic E-state index is 0.0217. The smallest absolute Gasteiger partial charge is 0.309 e. The van der Waals surface area contributed by atoms with Gasteiger partial charge >= 0.3 is 5.97 Å². The van der Waals surface area contributed by atoms with E-state index in [2.05, 4.69) is 6.58 Å². The van der Waals surface area contributed by atoms with Gasteiger partial charge in [0.25, 0.3) is 0 Å². The number of allylic oxidation sites excluding steroid dienone is 1. The maximum atomic E-state index is 12.2. The van der Waals surface area contributed by atoms with E-state index in [9.17, 15) is 9.90 Å². The lowest BCUT2D eigenvalue weighted by atomic mass is 9.75. The first kappa shape index (κ1) is 17.2.